The number of nitrogens with zero attached hydrogens (tertiary/aromatic N) is 1. The quantitative estimate of drug-likeness (QED) is 0.285. The molecule has 0 N–H and O–H groups in total. The molecule has 130 valence electrons. The average Bonchev–Trinajstić information content (AvgIpc) is 2.68. The third-order valence-electron chi connectivity index (χ3n) is 3.60. The predicted octanol–water partition coefficient (Wildman–Crippen LogP) is 4.39. The van der Waals surface area contributed by atoms with Crippen LogP contribution >= 0.6 is 0 Å². The third kappa shape index (κ3) is 4.45. The fourth-order valence-corrected chi connectivity index (χ4v) is 2.22. The van der Waals surface area contributed by atoms with Gasteiger partial charge >= 0.3 is 5.97 Å². The molecule has 0 atom stereocenters. The molecule has 0 saturated carbocycles. The first-order valence-electron chi connectivity index (χ1n) is 7.85. The molecular weight excluding hydrogens is 334 g/mol. The molecule has 6 heteroatoms. The Morgan fingerprint density at radius 2 is 1.50 bits per heavy atom. The normalized spacial score (nSPS) is 10.2. The molecule has 3 aromatic rings. The van der Waals surface area contributed by atoms with Crippen molar-refractivity contribution < 1.29 is 19.2 Å². The molecule has 6 nitrogen and oxygen atoms in total. The lowest BCUT2D eigenvalue weighted by molar-refractivity contribution is -0.384. The van der Waals surface area contributed by atoms with Crippen molar-refractivity contribution in [2.45, 2.75) is 6.61 Å². The number of non-ortho nitro benzene ring substituents is 1. The van der Waals surface area contributed by atoms with Gasteiger partial charge in [-0.05, 0) is 42.0 Å². The lowest BCUT2D eigenvalue weighted by atomic mass is 10.1. The summed E-state index contributed by atoms with van der Waals surface area (Å²) in [5, 5.41) is 10.6. The summed E-state index contributed by atoms with van der Waals surface area (Å²) >= 11 is 0. The number of nitro benzene ring substituents is 1. The van der Waals surface area contributed by atoms with Crippen LogP contribution in [-0.4, -0.2) is 10.9 Å². The Kier molecular flexibility index (Phi) is 5.24. The maximum absolute atomic E-state index is 12.1. The van der Waals surface area contributed by atoms with E-state index in [-0.39, 0.29) is 12.3 Å². The Morgan fingerprint density at radius 1 is 0.846 bits per heavy atom. The van der Waals surface area contributed by atoms with Gasteiger partial charge in [-0.1, -0.05) is 30.3 Å². The number of esters is 1. The van der Waals surface area contributed by atoms with Gasteiger partial charge in [-0.3, -0.25) is 10.1 Å². The molecule has 0 fully saturated rings. The Balaban J connectivity index is 1.57. The molecule has 0 aliphatic rings. The maximum atomic E-state index is 12.1. The van der Waals surface area contributed by atoms with Crippen molar-refractivity contribution in [2.75, 3.05) is 0 Å². The van der Waals surface area contributed by atoms with E-state index in [4.69, 9.17) is 9.47 Å². The van der Waals surface area contributed by atoms with Crippen LogP contribution in [0.25, 0.3) is 0 Å². The molecule has 0 radical (unpaired) electrons. The van der Waals surface area contributed by atoms with Crippen LogP contribution in [0.5, 0.6) is 11.5 Å². The third-order valence-corrected chi connectivity index (χ3v) is 3.60. The van der Waals surface area contributed by atoms with Crippen molar-refractivity contribution in [3.63, 3.8) is 0 Å². The Bertz CT molecular complexity index is 890. The van der Waals surface area contributed by atoms with Crippen molar-refractivity contribution in [3.8, 4) is 11.5 Å². The average molecular weight is 349 g/mol. The van der Waals surface area contributed by atoms with E-state index in [0.717, 1.165) is 5.56 Å². The standard InChI is InChI=1S/C20H15NO5/c22-20(26-19-4-2-1-3-5-19)16-8-6-15(7-9-16)14-25-18-12-10-17(11-13-18)21(23)24/h1-13H,14H2. The zero-order valence-electron chi connectivity index (χ0n) is 13.7. The summed E-state index contributed by atoms with van der Waals surface area (Å²) in [7, 11) is 0. The first-order chi connectivity index (χ1) is 12.6. The van der Waals surface area contributed by atoms with Crippen molar-refractivity contribution in [2.24, 2.45) is 0 Å². The number of ether oxygens (including phenoxy) is 2. The molecule has 0 aliphatic heterocycles. The summed E-state index contributed by atoms with van der Waals surface area (Å²) in [6.45, 7) is 0.284. The molecule has 3 aromatic carbocycles. The summed E-state index contributed by atoms with van der Waals surface area (Å²) in [5.41, 5.74) is 1.31. The SMILES string of the molecule is O=C(Oc1ccccc1)c1ccc(COc2ccc([N+](=O)[O-])cc2)cc1. The predicted molar refractivity (Wildman–Crippen MR) is 95.3 cm³/mol. The molecule has 0 spiro atoms. The summed E-state index contributed by atoms with van der Waals surface area (Å²) < 4.78 is 10.9. The lowest BCUT2D eigenvalue weighted by Gasteiger charge is -2.07. The van der Waals surface area contributed by atoms with Crippen LogP contribution in [0, 0.1) is 10.1 Å². The number of benzene rings is 3. The van der Waals surface area contributed by atoms with E-state index in [1.165, 1.54) is 12.1 Å². The van der Waals surface area contributed by atoms with Crippen LogP contribution in [0.1, 0.15) is 15.9 Å². The van der Waals surface area contributed by atoms with Gasteiger partial charge < -0.3 is 9.47 Å². The molecule has 26 heavy (non-hydrogen) atoms. The number of para-hydroxylation sites is 1. The molecule has 0 heterocycles. The summed E-state index contributed by atoms with van der Waals surface area (Å²) in [4.78, 5) is 22.2. The Hall–Kier alpha value is -3.67. The van der Waals surface area contributed by atoms with E-state index in [1.807, 2.05) is 6.07 Å². The van der Waals surface area contributed by atoms with Gasteiger partial charge in [-0.15, -0.1) is 0 Å². The highest BCUT2D eigenvalue weighted by Crippen LogP contribution is 2.19. The molecule has 0 unspecified atom stereocenters. The second kappa shape index (κ2) is 7.94. The van der Waals surface area contributed by atoms with Crippen LogP contribution in [0.2, 0.25) is 0 Å². The number of hydrogen-bond donors (Lipinski definition) is 0. The molecule has 0 bridgehead atoms. The van der Waals surface area contributed by atoms with Gasteiger partial charge in [0.05, 0.1) is 10.5 Å². The van der Waals surface area contributed by atoms with Gasteiger partial charge in [-0.25, -0.2) is 4.79 Å². The Morgan fingerprint density at radius 3 is 2.12 bits per heavy atom. The van der Waals surface area contributed by atoms with Gasteiger partial charge in [0.1, 0.15) is 18.1 Å². The van der Waals surface area contributed by atoms with Crippen molar-refractivity contribution in [1.82, 2.24) is 0 Å². The van der Waals surface area contributed by atoms with Gasteiger partial charge in [0.15, 0.2) is 0 Å². The fourth-order valence-electron chi connectivity index (χ4n) is 2.22. The first kappa shape index (κ1) is 17.2. The zero-order chi connectivity index (χ0) is 18.4. The van der Waals surface area contributed by atoms with Crippen molar-refractivity contribution >= 4 is 11.7 Å². The number of carbonyl (C=O) groups is 1. The van der Waals surface area contributed by atoms with E-state index >= 15 is 0 Å². The van der Waals surface area contributed by atoms with Crippen LogP contribution in [0.4, 0.5) is 5.69 Å². The number of nitro groups is 1. The van der Waals surface area contributed by atoms with E-state index in [0.29, 0.717) is 17.1 Å². The van der Waals surface area contributed by atoms with Crippen LogP contribution in [-0.2, 0) is 6.61 Å². The second-order valence-electron chi connectivity index (χ2n) is 5.44. The first-order valence-corrected chi connectivity index (χ1v) is 7.85. The number of hydrogen-bond acceptors (Lipinski definition) is 5. The van der Waals surface area contributed by atoms with Crippen LogP contribution in [0.3, 0.4) is 0 Å². The van der Waals surface area contributed by atoms with E-state index in [2.05, 4.69) is 0 Å². The van der Waals surface area contributed by atoms with Gasteiger partial charge in [0, 0.05) is 12.1 Å². The van der Waals surface area contributed by atoms with Crippen LogP contribution < -0.4 is 9.47 Å². The number of rotatable bonds is 6. The molecule has 0 aliphatic carbocycles. The van der Waals surface area contributed by atoms with Gasteiger partial charge in [-0.2, -0.15) is 0 Å². The zero-order valence-corrected chi connectivity index (χ0v) is 13.7. The highest BCUT2D eigenvalue weighted by Gasteiger charge is 2.09. The highest BCUT2D eigenvalue weighted by molar-refractivity contribution is 5.91. The fraction of sp³-hybridized carbons (Fsp3) is 0.0500. The highest BCUT2D eigenvalue weighted by atomic mass is 16.6. The smallest absolute Gasteiger partial charge is 0.343 e. The van der Waals surface area contributed by atoms with Gasteiger partial charge in [0.2, 0.25) is 0 Å². The monoisotopic (exact) mass is 349 g/mol. The summed E-state index contributed by atoms with van der Waals surface area (Å²) in [5.74, 6) is 0.588. The minimum absolute atomic E-state index is 0.0126. The number of carbonyl (C=O) groups excluding carboxylic acids is 1. The molecule has 0 aromatic heterocycles. The lowest BCUT2D eigenvalue weighted by Crippen LogP contribution is -2.08. The maximum Gasteiger partial charge on any atom is 0.343 e. The van der Waals surface area contributed by atoms with Gasteiger partial charge in [0.25, 0.3) is 5.69 Å². The minimum Gasteiger partial charge on any atom is -0.489 e. The Labute approximate surface area is 149 Å². The van der Waals surface area contributed by atoms with E-state index < -0.39 is 10.9 Å². The van der Waals surface area contributed by atoms with E-state index in [1.54, 1.807) is 60.7 Å². The van der Waals surface area contributed by atoms with Crippen molar-refractivity contribution in [1.29, 1.82) is 0 Å². The molecule has 0 amide bonds. The van der Waals surface area contributed by atoms with E-state index in [9.17, 15) is 14.9 Å². The summed E-state index contributed by atoms with van der Waals surface area (Å²) in [6.07, 6.45) is 0. The molecule has 3 rings (SSSR count). The summed E-state index contributed by atoms with van der Waals surface area (Å²) in [6, 6.07) is 21.6. The van der Waals surface area contributed by atoms with Crippen LogP contribution in [0.15, 0.2) is 78.9 Å². The van der Waals surface area contributed by atoms with Crippen molar-refractivity contribution in [3.05, 3.63) is 100 Å². The largest absolute Gasteiger partial charge is 0.489 e. The molecule has 0 saturated heterocycles. The topological polar surface area (TPSA) is 78.7 Å². The second-order valence-corrected chi connectivity index (χ2v) is 5.44. The molecular formula is C20H15NO5. The minimum atomic E-state index is -0.461.